The Bertz CT molecular complexity index is 1400. The van der Waals surface area contributed by atoms with E-state index in [-0.39, 0.29) is 16.9 Å². The zero-order valence-corrected chi connectivity index (χ0v) is 25.9. The molecule has 0 unspecified atom stereocenters. The highest BCUT2D eigenvalue weighted by atomic mass is 19.1. The lowest BCUT2D eigenvalue weighted by Gasteiger charge is -2.44. The van der Waals surface area contributed by atoms with Gasteiger partial charge in [0.1, 0.15) is 11.6 Å². The summed E-state index contributed by atoms with van der Waals surface area (Å²) in [7, 11) is 2.31. The van der Waals surface area contributed by atoms with Crippen LogP contribution in [0.1, 0.15) is 86.0 Å². The molecule has 2 fully saturated rings. The van der Waals surface area contributed by atoms with E-state index in [0.29, 0.717) is 19.1 Å². The Morgan fingerprint density at radius 1 is 0.907 bits per heavy atom. The average Bonchev–Trinajstić information content (AvgIpc) is 3.41. The molecule has 4 aromatic rings. The molecule has 0 bridgehead atoms. The van der Waals surface area contributed by atoms with Crippen LogP contribution in [-0.2, 0) is 5.41 Å². The van der Waals surface area contributed by atoms with Gasteiger partial charge in [0.2, 0.25) is 0 Å². The van der Waals surface area contributed by atoms with Crippen LogP contribution in [0.15, 0.2) is 78.9 Å². The molecule has 2 heterocycles. The molecule has 0 radical (unpaired) electrons. The fourth-order valence-corrected chi connectivity index (χ4v) is 6.95. The molecule has 1 amide bonds. The van der Waals surface area contributed by atoms with E-state index in [9.17, 15) is 9.18 Å². The molecule has 1 saturated heterocycles. The first-order valence-electron chi connectivity index (χ1n) is 16.2. The first-order valence-corrected chi connectivity index (χ1v) is 16.2. The van der Waals surface area contributed by atoms with E-state index in [2.05, 4.69) is 52.2 Å². The van der Waals surface area contributed by atoms with Crippen molar-refractivity contribution in [2.24, 2.45) is 0 Å². The molecule has 0 spiro atoms. The zero-order valence-electron chi connectivity index (χ0n) is 25.9. The minimum atomic E-state index is -0.428. The van der Waals surface area contributed by atoms with Crippen LogP contribution in [-0.4, -0.2) is 58.4 Å². The first kappa shape index (κ1) is 30.9. The lowest BCUT2D eigenvalue weighted by molar-refractivity contribution is 0.0639. The minimum Gasteiger partial charge on any atom is -0.342 e. The maximum absolute atomic E-state index is 14.2. The summed E-state index contributed by atoms with van der Waals surface area (Å²) in [5, 5.41) is 0. The number of halogens is 1. The van der Waals surface area contributed by atoms with Crippen molar-refractivity contribution < 1.29 is 9.18 Å². The van der Waals surface area contributed by atoms with Crippen LogP contribution < -0.4 is 0 Å². The fraction of sp³-hybridized carbons (Fsp3) is 0.459. The molecule has 3 aromatic carbocycles. The number of imidazole rings is 1. The molecule has 6 rings (SSSR count). The maximum atomic E-state index is 14.2. The molecule has 1 aromatic heterocycles. The molecule has 1 N–H and O–H groups in total. The van der Waals surface area contributed by atoms with Crippen LogP contribution in [0.25, 0.3) is 11.0 Å². The fourth-order valence-electron chi connectivity index (χ4n) is 6.95. The first-order chi connectivity index (χ1) is 20.9. The van der Waals surface area contributed by atoms with E-state index in [4.69, 9.17) is 0 Å². The van der Waals surface area contributed by atoms with Crippen LogP contribution in [0, 0.1) is 12.7 Å². The number of likely N-dealkylation sites (tertiary alicyclic amines) is 1. The van der Waals surface area contributed by atoms with Crippen molar-refractivity contribution in [1.82, 2.24) is 19.8 Å². The molecular weight excluding hydrogens is 535 g/mol. The standard InChI is InChI=1S/C29H39FN2O.C8H8N2/c1-31(25-14-8-3-2-4-9-15-25)21-18-29(24-12-6-5-7-13-24)19-22-32(23-20-29)28(33)26-16-10-11-17-27(26)30;1-6-9-7-4-2-3-5-8(7)10-6/h5-7,10-13,16-17,25H,2-4,8-9,14-15,18-23H2,1H3;2-5H,1H3,(H,9,10). The van der Waals surface area contributed by atoms with Crippen molar-refractivity contribution in [3.05, 3.63) is 102 Å². The van der Waals surface area contributed by atoms with Gasteiger partial charge >= 0.3 is 0 Å². The number of para-hydroxylation sites is 2. The van der Waals surface area contributed by atoms with E-state index >= 15 is 0 Å². The monoisotopic (exact) mass is 582 g/mol. The van der Waals surface area contributed by atoms with Crippen LogP contribution in [0.2, 0.25) is 0 Å². The minimum absolute atomic E-state index is 0.0726. The van der Waals surface area contributed by atoms with Crippen molar-refractivity contribution in [2.45, 2.75) is 82.6 Å². The Balaban J connectivity index is 0.000000308. The van der Waals surface area contributed by atoms with E-state index in [1.165, 1.54) is 56.6 Å². The molecular formula is C37H47FN4O. The Morgan fingerprint density at radius 2 is 1.53 bits per heavy atom. The second kappa shape index (κ2) is 14.8. The van der Waals surface area contributed by atoms with Gasteiger partial charge in [-0.05, 0) is 87.9 Å². The van der Waals surface area contributed by atoms with Gasteiger partial charge < -0.3 is 14.8 Å². The number of benzene rings is 3. The lowest BCUT2D eigenvalue weighted by Crippen LogP contribution is -2.47. The maximum Gasteiger partial charge on any atom is 0.256 e. The van der Waals surface area contributed by atoms with Crippen molar-refractivity contribution in [1.29, 1.82) is 0 Å². The average molecular weight is 583 g/mol. The topological polar surface area (TPSA) is 52.2 Å². The predicted octanol–water partition coefficient (Wildman–Crippen LogP) is 8.31. The van der Waals surface area contributed by atoms with Crippen LogP contribution >= 0.6 is 0 Å². The molecule has 5 nitrogen and oxygen atoms in total. The van der Waals surface area contributed by atoms with Crippen molar-refractivity contribution in [3.63, 3.8) is 0 Å². The molecule has 0 atom stereocenters. The third-order valence-electron chi connectivity index (χ3n) is 9.65. The highest BCUT2D eigenvalue weighted by Gasteiger charge is 2.38. The molecule has 228 valence electrons. The van der Waals surface area contributed by atoms with E-state index < -0.39 is 5.82 Å². The Kier molecular flexibility index (Phi) is 10.6. The summed E-state index contributed by atoms with van der Waals surface area (Å²) >= 11 is 0. The molecule has 1 aliphatic heterocycles. The second-order valence-electron chi connectivity index (χ2n) is 12.5. The van der Waals surface area contributed by atoms with E-state index in [1.807, 2.05) is 36.1 Å². The highest BCUT2D eigenvalue weighted by Crippen LogP contribution is 2.39. The van der Waals surface area contributed by atoms with Gasteiger partial charge in [-0.3, -0.25) is 4.79 Å². The molecule has 6 heteroatoms. The summed E-state index contributed by atoms with van der Waals surface area (Å²) in [4.78, 5) is 24.8. The summed E-state index contributed by atoms with van der Waals surface area (Å²) in [5.41, 5.74) is 3.80. The number of nitrogens with one attached hydrogen (secondary N) is 1. The van der Waals surface area contributed by atoms with E-state index in [0.717, 1.165) is 42.7 Å². The van der Waals surface area contributed by atoms with Crippen LogP contribution in [0.5, 0.6) is 0 Å². The third-order valence-corrected chi connectivity index (χ3v) is 9.65. The van der Waals surface area contributed by atoms with Crippen molar-refractivity contribution in [2.75, 3.05) is 26.7 Å². The summed E-state index contributed by atoms with van der Waals surface area (Å²) < 4.78 is 14.2. The summed E-state index contributed by atoms with van der Waals surface area (Å²) in [6.07, 6.45) is 12.5. The number of rotatable bonds is 6. The summed E-state index contributed by atoms with van der Waals surface area (Å²) in [6, 6.07) is 25.9. The number of fused-ring (bicyclic) bond motifs is 1. The number of carbonyl (C=O) groups excluding carboxylic acids is 1. The second-order valence-corrected chi connectivity index (χ2v) is 12.5. The summed E-state index contributed by atoms with van der Waals surface area (Å²) in [6.45, 7) is 4.39. The number of piperidine rings is 1. The van der Waals surface area contributed by atoms with Gasteiger partial charge in [-0.15, -0.1) is 0 Å². The van der Waals surface area contributed by atoms with Gasteiger partial charge in [0.05, 0.1) is 16.6 Å². The largest absolute Gasteiger partial charge is 0.342 e. The smallest absolute Gasteiger partial charge is 0.256 e. The molecule has 1 aliphatic carbocycles. The summed E-state index contributed by atoms with van der Waals surface area (Å²) in [5.74, 6) is 0.367. The number of nitrogens with zero attached hydrogens (tertiary/aromatic N) is 3. The Labute approximate surface area is 256 Å². The SMILES string of the molecule is CN(CCC1(c2ccccc2)CCN(C(=O)c2ccccc2F)CC1)C1CCCCCCC1.Cc1nc2ccccc2[nH]1. The zero-order chi connectivity index (χ0) is 30.1. The van der Waals surface area contributed by atoms with Gasteiger partial charge in [-0.1, -0.05) is 86.7 Å². The van der Waals surface area contributed by atoms with Gasteiger partial charge in [-0.2, -0.15) is 0 Å². The number of aryl methyl sites for hydroxylation is 1. The quantitative estimate of drug-likeness (QED) is 0.249. The van der Waals surface area contributed by atoms with Crippen molar-refractivity contribution in [3.8, 4) is 0 Å². The Hall–Kier alpha value is -3.51. The third kappa shape index (κ3) is 7.91. The predicted molar refractivity (Wildman–Crippen MR) is 174 cm³/mol. The van der Waals surface area contributed by atoms with Gasteiger partial charge in [0, 0.05) is 19.1 Å². The van der Waals surface area contributed by atoms with Crippen molar-refractivity contribution >= 4 is 16.9 Å². The lowest BCUT2D eigenvalue weighted by atomic mass is 9.70. The number of hydrogen-bond acceptors (Lipinski definition) is 3. The Morgan fingerprint density at radius 3 is 2.23 bits per heavy atom. The molecule has 43 heavy (non-hydrogen) atoms. The van der Waals surface area contributed by atoms with E-state index in [1.54, 1.807) is 18.2 Å². The van der Waals surface area contributed by atoms with Crippen LogP contribution in [0.3, 0.4) is 0 Å². The number of amides is 1. The number of aromatic amines is 1. The number of hydrogen-bond donors (Lipinski definition) is 1. The van der Waals surface area contributed by atoms with Gasteiger partial charge in [-0.25, -0.2) is 9.37 Å². The van der Waals surface area contributed by atoms with Gasteiger partial charge in [0.15, 0.2) is 0 Å². The molecule has 1 saturated carbocycles. The van der Waals surface area contributed by atoms with Crippen LogP contribution in [0.4, 0.5) is 4.39 Å². The normalized spacial score (nSPS) is 17.6. The van der Waals surface area contributed by atoms with Gasteiger partial charge in [0.25, 0.3) is 5.91 Å². The number of H-pyrrole nitrogens is 1. The number of carbonyl (C=O) groups is 1. The number of aromatic nitrogens is 2. The highest BCUT2D eigenvalue weighted by molar-refractivity contribution is 5.94. The molecule has 2 aliphatic rings.